The fraction of sp³-hybridized carbons (Fsp3) is 0.323. The van der Waals surface area contributed by atoms with Crippen LogP contribution in [0.25, 0.3) is 0 Å². The van der Waals surface area contributed by atoms with E-state index >= 15 is 0 Å². The van der Waals surface area contributed by atoms with Gasteiger partial charge in [0.2, 0.25) is 0 Å². The summed E-state index contributed by atoms with van der Waals surface area (Å²) in [4.78, 5) is 16.5. The number of halogens is 5. The Kier molecular flexibility index (Phi) is 9.46. The molecule has 0 saturated carbocycles. The molecule has 9 nitrogen and oxygen atoms in total. The van der Waals surface area contributed by atoms with Gasteiger partial charge in [0.15, 0.2) is 6.29 Å². The van der Waals surface area contributed by atoms with Crippen LogP contribution in [0.5, 0.6) is 5.75 Å². The summed E-state index contributed by atoms with van der Waals surface area (Å²) in [6.45, 7) is 2.21. The Morgan fingerprint density at radius 2 is 1.76 bits per heavy atom. The van der Waals surface area contributed by atoms with Gasteiger partial charge < -0.3 is 24.6 Å². The molecule has 3 aromatic carbocycles. The molecule has 2 N–H and O–H groups in total. The number of aliphatic hydroxyl groups is 1. The van der Waals surface area contributed by atoms with Crippen molar-refractivity contribution in [2.45, 2.75) is 38.1 Å². The minimum atomic E-state index is -4.81. The van der Waals surface area contributed by atoms with Crippen LogP contribution < -0.4 is 10.1 Å². The zero-order valence-electron chi connectivity index (χ0n) is 23.9. The molecule has 0 bridgehead atoms. The molecular weight excluding hydrogens is 603 g/mol. The number of aromatic nitrogens is 3. The summed E-state index contributed by atoms with van der Waals surface area (Å²) >= 11 is 0. The highest BCUT2D eigenvalue weighted by Gasteiger charge is 2.41. The summed E-state index contributed by atoms with van der Waals surface area (Å²) in [6.07, 6.45) is -2.43. The molecule has 1 aliphatic heterocycles. The van der Waals surface area contributed by atoms with E-state index in [1.54, 1.807) is 31.2 Å². The van der Waals surface area contributed by atoms with E-state index in [1.165, 1.54) is 35.5 Å². The van der Waals surface area contributed by atoms with E-state index in [0.717, 1.165) is 24.3 Å². The summed E-state index contributed by atoms with van der Waals surface area (Å²) < 4.78 is 82.6. The number of amides is 1. The Morgan fingerprint density at radius 3 is 2.36 bits per heavy atom. The molecular formula is C31H29F5N4O5. The van der Waals surface area contributed by atoms with Crippen LogP contribution in [-0.4, -0.2) is 45.4 Å². The summed E-state index contributed by atoms with van der Waals surface area (Å²) in [5.41, 5.74) is -0.552. The van der Waals surface area contributed by atoms with Crippen LogP contribution in [-0.2, 0) is 21.6 Å². The number of ether oxygens (including phenoxy) is 3. The Hall–Kier alpha value is -4.40. The average molecular weight is 633 g/mol. The number of alkyl halides is 3. The molecule has 4 aromatic rings. The second-order valence-corrected chi connectivity index (χ2v) is 10.8. The van der Waals surface area contributed by atoms with Gasteiger partial charge in [-0.25, -0.2) is 18.4 Å². The van der Waals surface area contributed by atoms with Crippen molar-refractivity contribution in [1.82, 2.24) is 14.8 Å². The molecule has 14 heteroatoms. The Morgan fingerprint density at radius 1 is 1.07 bits per heavy atom. The maximum atomic E-state index is 14.8. The molecule has 2 atom stereocenters. The lowest BCUT2D eigenvalue weighted by Gasteiger charge is -2.38. The monoisotopic (exact) mass is 632 g/mol. The van der Waals surface area contributed by atoms with Gasteiger partial charge in [-0.1, -0.05) is 25.1 Å². The smallest absolute Gasteiger partial charge is 0.406 e. The second-order valence-electron chi connectivity index (χ2n) is 10.8. The molecule has 1 aliphatic rings. The third-order valence-corrected chi connectivity index (χ3v) is 7.53. The maximum Gasteiger partial charge on any atom is 0.573 e. The number of nitrogens with one attached hydrogen (secondary N) is 1. The maximum absolute atomic E-state index is 14.8. The number of hydrogen-bond donors (Lipinski definition) is 2. The van der Waals surface area contributed by atoms with Crippen molar-refractivity contribution >= 4 is 11.6 Å². The van der Waals surface area contributed by atoms with E-state index < -0.39 is 47.5 Å². The number of anilines is 1. The third kappa shape index (κ3) is 8.01. The van der Waals surface area contributed by atoms with Crippen LogP contribution in [0, 0.1) is 23.5 Å². The first-order valence-electron chi connectivity index (χ1n) is 13.9. The molecule has 1 fully saturated rings. The van der Waals surface area contributed by atoms with Gasteiger partial charge in [-0.15, -0.1) is 13.2 Å². The lowest BCUT2D eigenvalue weighted by Crippen LogP contribution is -2.41. The average Bonchev–Trinajstić information content (AvgIpc) is 3.50. The molecule has 2 heterocycles. The van der Waals surface area contributed by atoms with Crippen molar-refractivity contribution in [2.24, 2.45) is 11.8 Å². The number of carbonyl (C=O) groups excluding carboxylic acids is 1. The van der Waals surface area contributed by atoms with Crippen LogP contribution in [0.4, 0.5) is 27.6 Å². The quantitative estimate of drug-likeness (QED) is 0.207. The van der Waals surface area contributed by atoms with Crippen LogP contribution in [0.2, 0.25) is 0 Å². The second kappa shape index (κ2) is 13.3. The molecule has 0 aliphatic carbocycles. The van der Waals surface area contributed by atoms with Gasteiger partial charge >= 0.3 is 6.36 Å². The first-order chi connectivity index (χ1) is 21.4. The predicted octanol–water partition coefficient (Wildman–Crippen LogP) is 5.98. The first kappa shape index (κ1) is 32.0. The number of rotatable bonds is 10. The zero-order chi connectivity index (χ0) is 32.2. The van der Waals surface area contributed by atoms with Crippen LogP contribution >= 0.6 is 0 Å². The molecule has 0 radical (unpaired) electrons. The van der Waals surface area contributed by atoms with E-state index in [4.69, 9.17) is 9.47 Å². The standard InChI is InChI=1S/C31H29F5N4O5/c1-19(30(42,16-40-18-37-17-38-40)26-11-6-23(32)13-27(26)33)12-20-14-43-29(44-15-20)22-4-2-21(3-5-22)28(41)39-24-7-9-25(10-8-24)45-31(34,35)36/h2-11,13,17-20,29,42H,12,14-16H2,1H3,(H,39,41). The highest BCUT2D eigenvalue weighted by molar-refractivity contribution is 6.04. The van der Waals surface area contributed by atoms with Crippen molar-refractivity contribution in [3.63, 3.8) is 0 Å². The molecule has 1 saturated heterocycles. The summed E-state index contributed by atoms with van der Waals surface area (Å²) in [6, 6.07) is 14.3. The fourth-order valence-corrected chi connectivity index (χ4v) is 5.21. The summed E-state index contributed by atoms with van der Waals surface area (Å²) in [5.74, 6) is -3.18. The van der Waals surface area contributed by atoms with E-state index in [1.807, 2.05) is 0 Å². The van der Waals surface area contributed by atoms with E-state index in [2.05, 4.69) is 20.1 Å². The van der Waals surface area contributed by atoms with E-state index in [9.17, 15) is 31.9 Å². The zero-order valence-corrected chi connectivity index (χ0v) is 23.9. The van der Waals surface area contributed by atoms with Crippen LogP contribution in [0.1, 0.15) is 41.1 Å². The molecule has 5 rings (SSSR count). The van der Waals surface area contributed by atoms with E-state index in [-0.39, 0.29) is 36.9 Å². The van der Waals surface area contributed by atoms with E-state index in [0.29, 0.717) is 17.5 Å². The predicted molar refractivity (Wildman–Crippen MR) is 150 cm³/mol. The van der Waals surface area contributed by atoms with Crippen molar-refractivity contribution < 1.29 is 46.1 Å². The fourth-order valence-electron chi connectivity index (χ4n) is 5.21. The Labute approximate surface area is 254 Å². The topological polar surface area (TPSA) is 108 Å². The van der Waals surface area contributed by atoms with Crippen molar-refractivity contribution in [3.05, 3.63) is 108 Å². The third-order valence-electron chi connectivity index (χ3n) is 7.53. The molecule has 0 spiro atoms. The van der Waals surface area contributed by atoms with Gasteiger partial charge in [-0.05, 0) is 54.8 Å². The largest absolute Gasteiger partial charge is 0.573 e. The van der Waals surface area contributed by atoms with Crippen molar-refractivity contribution in [3.8, 4) is 5.75 Å². The van der Waals surface area contributed by atoms with Crippen molar-refractivity contribution in [2.75, 3.05) is 18.5 Å². The molecule has 238 valence electrons. The van der Waals surface area contributed by atoms with Crippen LogP contribution in [0.15, 0.2) is 79.4 Å². The minimum absolute atomic E-state index is 0.0564. The van der Waals surface area contributed by atoms with Crippen LogP contribution in [0.3, 0.4) is 0 Å². The number of nitrogens with zero attached hydrogens (tertiary/aromatic N) is 3. The highest BCUT2D eigenvalue weighted by atomic mass is 19.4. The number of hydrogen-bond acceptors (Lipinski definition) is 7. The summed E-state index contributed by atoms with van der Waals surface area (Å²) in [5, 5.41) is 18.4. The molecule has 2 unspecified atom stereocenters. The molecule has 1 aromatic heterocycles. The number of carbonyl (C=O) groups is 1. The normalized spacial score (nSPS) is 19.0. The lowest BCUT2D eigenvalue weighted by atomic mass is 9.77. The van der Waals surface area contributed by atoms with Gasteiger partial charge in [0.05, 0.1) is 19.8 Å². The van der Waals surface area contributed by atoms with Gasteiger partial charge in [0.25, 0.3) is 5.91 Å². The van der Waals surface area contributed by atoms with Gasteiger partial charge in [0, 0.05) is 34.4 Å². The Balaban J connectivity index is 1.17. The number of benzene rings is 3. The first-order valence-corrected chi connectivity index (χ1v) is 13.9. The Bertz CT molecular complexity index is 1580. The molecule has 1 amide bonds. The summed E-state index contributed by atoms with van der Waals surface area (Å²) in [7, 11) is 0. The van der Waals surface area contributed by atoms with Crippen molar-refractivity contribution in [1.29, 1.82) is 0 Å². The minimum Gasteiger partial charge on any atom is -0.406 e. The van der Waals surface area contributed by atoms with Gasteiger partial charge in [-0.3, -0.25) is 4.79 Å². The molecule has 45 heavy (non-hydrogen) atoms. The lowest BCUT2D eigenvalue weighted by molar-refractivity contribution is -0.274. The van der Waals surface area contributed by atoms with Gasteiger partial charge in [0.1, 0.15) is 35.6 Å². The SMILES string of the molecule is CC(CC1COC(c2ccc(C(=O)Nc3ccc(OC(F)(F)F)cc3)cc2)OC1)C(O)(Cn1cncn1)c1ccc(F)cc1F. The van der Waals surface area contributed by atoms with Gasteiger partial charge in [-0.2, -0.15) is 5.10 Å². The highest BCUT2D eigenvalue weighted by Crippen LogP contribution is 2.38.